The molecule has 5 heteroatoms. The number of carbonyl (C=O) groups is 2. The van der Waals surface area contributed by atoms with Gasteiger partial charge in [0.1, 0.15) is 6.29 Å². The second-order valence-electron chi connectivity index (χ2n) is 5.10. The smallest absolute Gasteiger partial charge is 0.321 e. The van der Waals surface area contributed by atoms with Crippen LogP contribution in [-0.4, -0.2) is 18.4 Å². The molecule has 0 heterocycles. The minimum absolute atomic E-state index is 0.299. The molecule has 22 heavy (non-hydrogen) atoms. The van der Waals surface area contributed by atoms with Crippen molar-refractivity contribution >= 4 is 23.7 Å². The predicted octanol–water partition coefficient (Wildman–Crippen LogP) is 2.71. The van der Waals surface area contributed by atoms with Gasteiger partial charge in [-0.15, -0.1) is 0 Å². The van der Waals surface area contributed by atoms with Crippen LogP contribution in [0.25, 0.3) is 0 Å². The molecule has 5 nitrogen and oxygen atoms in total. The zero-order chi connectivity index (χ0) is 15.9. The van der Waals surface area contributed by atoms with Crippen LogP contribution in [0.1, 0.15) is 11.1 Å². The molecule has 0 aromatic heterocycles. The quantitative estimate of drug-likeness (QED) is 0.742. The van der Waals surface area contributed by atoms with Crippen LogP contribution in [-0.2, 0) is 11.2 Å². The molecule has 2 rings (SSSR count). The highest BCUT2D eigenvalue weighted by atomic mass is 16.2. The molecular weight excluding hydrogens is 278 g/mol. The van der Waals surface area contributed by atoms with E-state index in [-0.39, 0.29) is 6.03 Å². The van der Waals surface area contributed by atoms with E-state index in [0.717, 1.165) is 23.1 Å². The first kappa shape index (κ1) is 15.7. The molecule has 0 aliphatic rings. The molecule has 0 bridgehead atoms. The van der Waals surface area contributed by atoms with Crippen LogP contribution in [0.2, 0.25) is 0 Å². The third kappa shape index (κ3) is 4.43. The lowest BCUT2D eigenvalue weighted by Crippen LogP contribution is -2.24. The van der Waals surface area contributed by atoms with Gasteiger partial charge < -0.3 is 21.2 Å². The number of amides is 2. The van der Waals surface area contributed by atoms with E-state index in [2.05, 4.69) is 10.6 Å². The highest BCUT2D eigenvalue weighted by Gasteiger charge is 2.05. The summed E-state index contributed by atoms with van der Waals surface area (Å²) < 4.78 is 0. The molecule has 0 radical (unpaired) electrons. The number of aldehydes is 1. The molecule has 4 N–H and O–H groups in total. The Morgan fingerprint density at radius 2 is 1.82 bits per heavy atom. The summed E-state index contributed by atoms with van der Waals surface area (Å²) in [5, 5.41) is 5.56. The normalized spacial score (nSPS) is 11.5. The highest BCUT2D eigenvalue weighted by Crippen LogP contribution is 2.15. The number of benzene rings is 2. The van der Waals surface area contributed by atoms with E-state index in [1.165, 1.54) is 0 Å². The maximum Gasteiger partial charge on any atom is 0.323 e. The molecule has 0 unspecified atom stereocenters. The molecule has 114 valence electrons. The molecule has 2 aromatic rings. The van der Waals surface area contributed by atoms with E-state index in [1.807, 2.05) is 43.3 Å². The Morgan fingerprint density at radius 1 is 1.14 bits per heavy atom. The fourth-order valence-electron chi connectivity index (χ4n) is 2.04. The summed E-state index contributed by atoms with van der Waals surface area (Å²) in [6, 6.07) is 14.0. The average Bonchev–Trinajstić information content (AvgIpc) is 2.51. The van der Waals surface area contributed by atoms with Crippen molar-refractivity contribution in [3.8, 4) is 0 Å². The van der Waals surface area contributed by atoms with Gasteiger partial charge in [0.05, 0.1) is 6.04 Å². The monoisotopic (exact) mass is 297 g/mol. The predicted molar refractivity (Wildman–Crippen MR) is 88.0 cm³/mol. The SMILES string of the molecule is Cc1ccccc1NC(=O)Nc1ccc(C[C@H](N)C=O)cc1. The number of hydrogen-bond acceptors (Lipinski definition) is 3. The number of urea groups is 1. The third-order valence-corrected chi connectivity index (χ3v) is 3.25. The van der Waals surface area contributed by atoms with Crippen molar-refractivity contribution in [1.29, 1.82) is 0 Å². The van der Waals surface area contributed by atoms with Crippen LogP contribution in [0.15, 0.2) is 48.5 Å². The minimum atomic E-state index is -0.497. The van der Waals surface area contributed by atoms with Crippen molar-refractivity contribution in [2.75, 3.05) is 10.6 Å². The van der Waals surface area contributed by atoms with E-state index in [0.29, 0.717) is 12.1 Å². The van der Waals surface area contributed by atoms with E-state index in [4.69, 9.17) is 5.73 Å². The van der Waals surface area contributed by atoms with Gasteiger partial charge in [-0.1, -0.05) is 30.3 Å². The first-order valence-corrected chi connectivity index (χ1v) is 7.02. The molecule has 1 atom stereocenters. The van der Waals surface area contributed by atoms with Gasteiger partial charge >= 0.3 is 6.03 Å². The summed E-state index contributed by atoms with van der Waals surface area (Å²) in [4.78, 5) is 22.5. The fourth-order valence-corrected chi connectivity index (χ4v) is 2.04. The van der Waals surface area contributed by atoms with Crippen LogP contribution in [0.5, 0.6) is 0 Å². The summed E-state index contributed by atoms with van der Waals surface area (Å²) in [5.74, 6) is 0. The lowest BCUT2D eigenvalue weighted by atomic mass is 10.1. The molecule has 0 fully saturated rings. The summed E-state index contributed by atoms with van der Waals surface area (Å²) in [5.41, 5.74) is 8.97. The van der Waals surface area contributed by atoms with Gasteiger partial charge in [0.15, 0.2) is 0 Å². The Morgan fingerprint density at radius 3 is 2.45 bits per heavy atom. The summed E-state index contributed by atoms with van der Waals surface area (Å²) in [6.07, 6.45) is 1.21. The minimum Gasteiger partial charge on any atom is -0.321 e. The second-order valence-corrected chi connectivity index (χ2v) is 5.10. The molecule has 2 amide bonds. The zero-order valence-corrected chi connectivity index (χ0v) is 12.4. The lowest BCUT2D eigenvalue weighted by molar-refractivity contribution is -0.108. The molecule has 0 spiro atoms. The molecule has 0 saturated carbocycles. The van der Waals surface area contributed by atoms with Gasteiger partial charge in [-0.05, 0) is 42.7 Å². The van der Waals surface area contributed by atoms with Crippen LogP contribution >= 0.6 is 0 Å². The van der Waals surface area contributed by atoms with Gasteiger partial charge in [-0.3, -0.25) is 0 Å². The highest BCUT2D eigenvalue weighted by molar-refractivity contribution is 6.00. The molecular formula is C17H19N3O2. The van der Waals surface area contributed by atoms with Gasteiger partial charge in [0, 0.05) is 11.4 Å². The Kier molecular flexibility index (Phi) is 5.27. The Labute approximate surface area is 129 Å². The van der Waals surface area contributed by atoms with Crippen molar-refractivity contribution in [3.05, 3.63) is 59.7 Å². The summed E-state index contributed by atoms with van der Waals surface area (Å²) in [6.45, 7) is 1.93. The number of nitrogens with one attached hydrogen (secondary N) is 2. The molecule has 0 aliphatic carbocycles. The van der Waals surface area contributed by atoms with Crippen LogP contribution in [0.3, 0.4) is 0 Å². The first-order valence-electron chi connectivity index (χ1n) is 7.02. The van der Waals surface area contributed by atoms with E-state index in [1.54, 1.807) is 12.1 Å². The van der Waals surface area contributed by atoms with Crippen molar-refractivity contribution in [2.24, 2.45) is 5.73 Å². The van der Waals surface area contributed by atoms with Crippen LogP contribution < -0.4 is 16.4 Å². The number of para-hydroxylation sites is 1. The molecule has 0 aliphatic heterocycles. The third-order valence-electron chi connectivity index (χ3n) is 3.25. The standard InChI is InChI=1S/C17H19N3O2/c1-12-4-2-3-5-16(12)20-17(22)19-15-8-6-13(7-9-15)10-14(18)11-21/h2-9,11,14H,10,18H2,1H3,(H2,19,20,22)/t14-/m0/s1. The van der Waals surface area contributed by atoms with Crippen LogP contribution in [0, 0.1) is 6.92 Å². The largest absolute Gasteiger partial charge is 0.323 e. The molecule has 2 aromatic carbocycles. The number of rotatable bonds is 5. The number of nitrogens with two attached hydrogens (primary N) is 1. The van der Waals surface area contributed by atoms with Crippen molar-refractivity contribution < 1.29 is 9.59 Å². The van der Waals surface area contributed by atoms with Crippen molar-refractivity contribution in [1.82, 2.24) is 0 Å². The van der Waals surface area contributed by atoms with Crippen LogP contribution in [0.4, 0.5) is 16.2 Å². The Hall–Kier alpha value is -2.66. The second kappa shape index (κ2) is 7.38. The number of carbonyl (C=O) groups excluding carboxylic acids is 2. The maximum atomic E-state index is 12.0. The van der Waals surface area contributed by atoms with Gasteiger partial charge in [-0.2, -0.15) is 0 Å². The number of aryl methyl sites for hydroxylation is 1. The van der Waals surface area contributed by atoms with Gasteiger partial charge in [-0.25, -0.2) is 4.79 Å². The summed E-state index contributed by atoms with van der Waals surface area (Å²) >= 11 is 0. The number of hydrogen-bond donors (Lipinski definition) is 3. The van der Waals surface area contributed by atoms with Gasteiger partial charge in [0.25, 0.3) is 0 Å². The first-order chi connectivity index (χ1) is 10.6. The number of anilines is 2. The van der Waals surface area contributed by atoms with Crippen molar-refractivity contribution in [3.63, 3.8) is 0 Å². The average molecular weight is 297 g/mol. The Balaban J connectivity index is 1.94. The van der Waals surface area contributed by atoms with Gasteiger partial charge in [0.2, 0.25) is 0 Å². The maximum absolute atomic E-state index is 12.0. The fraction of sp³-hybridized carbons (Fsp3) is 0.176. The molecule has 0 saturated heterocycles. The van der Waals surface area contributed by atoms with E-state index < -0.39 is 6.04 Å². The summed E-state index contributed by atoms with van der Waals surface area (Å²) in [7, 11) is 0. The lowest BCUT2D eigenvalue weighted by Gasteiger charge is -2.10. The topological polar surface area (TPSA) is 84.2 Å². The van der Waals surface area contributed by atoms with E-state index in [9.17, 15) is 9.59 Å². The Bertz CT molecular complexity index is 653. The zero-order valence-electron chi connectivity index (χ0n) is 12.4. The van der Waals surface area contributed by atoms with E-state index >= 15 is 0 Å². The van der Waals surface area contributed by atoms with Crippen molar-refractivity contribution in [2.45, 2.75) is 19.4 Å².